The molecule has 0 atom stereocenters. The monoisotopic (exact) mass is 333 g/mol. The summed E-state index contributed by atoms with van der Waals surface area (Å²) in [6.07, 6.45) is 3.88. The second-order valence-electron chi connectivity index (χ2n) is 5.21. The van der Waals surface area contributed by atoms with Crippen molar-refractivity contribution in [1.29, 1.82) is 0 Å². The number of fused-ring (bicyclic) bond motifs is 1. The highest BCUT2D eigenvalue weighted by Gasteiger charge is 2.14. The molecule has 7 heteroatoms. The summed E-state index contributed by atoms with van der Waals surface area (Å²) in [7, 11) is -3.52. The summed E-state index contributed by atoms with van der Waals surface area (Å²) in [5.74, 6) is -0.648. The van der Waals surface area contributed by atoms with Crippen molar-refractivity contribution in [2.75, 3.05) is 10.5 Å². The molecule has 3 aromatic rings. The number of anilines is 1. The molecule has 0 bridgehead atoms. The van der Waals surface area contributed by atoms with Crippen LogP contribution in [-0.2, 0) is 10.0 Å². The first-order valence-electron chi connectivity index (χ1n) is 7.22. The van der Waals surface area contributed by atoms with E-state index in [0.717, 1.165) is 16.6 Å². The molecule has 0 radical (unpaired) electrons. The van der Waals surface area contributed by atoms with Gasteiger partial charge in [-0.05, 0) is 41.8 Å². The predicted molar refractivity (Wildman–Crippen MR) is 89.2 cm³/mol. The summed E-state index contributed by atoms with van der Waals surface area (Å²) in [4.78, 5) is 7.20. The zero-order valence-corrected chi connectivity index (χ0v) is 13.3. The predicted octanol–water partition coefficient (Wildman–Crippen LogP) is 3.52. The average Bonchev–Trinajstić information content (AvgIpc) is 2.97. The maximum atomic E-state index is 14.3. The number of benzene rings is 1. The maximum Gasteiger partial charge on any atom is 0.232 e. The Morgan fingerprint density at radius 3 is 2.83 bits per heavy atom. The number of sulfonamides is 1. The molecule has 0 amide bonds. The minimum atomic E-state index is -3.52. The molecule has 2 N–H and O–H groups in total. The van der Waals surface area contributed by atoms with Gasteiger partial charge in [-0.15, -0.1) is 0 Å². The first-order chi connectivity index (χ1) is 11.0. The van der Waals surface area contributed by atoms with Crippen molar-refractivity contribution >= 4 is 26.7 Å². The van der Waals surface area contributed by atoms with Crippen LogP contribution in [0, 0.1) is 5.82 Å². The van der Waals surface area contributed by atoms with Crippen molar-refractivity contribution in [2.45, 2.75) is 13.3 Å². The van der Waals surface area contributed by atoms with Gasteiger partial charge in [0.1, 0.15) is 11.5 Å². The second-order valence-corrected chi connectivity index (χ2v) is 7.06. The molecule has 0 aliphatic rings. The first-order valence-corrected chi connectivity index (χ1v) is 8.88. The molecule has 0 aliphatic heterocycles. The van der Waals surface area contributed by atoms with Gasteiger partial charge >= 0.3 is 0 Å². The van der Waals surface area contributed by atoms with Gasteiger partial charge in [0.2, 0.25) is 10.0 Å². The fourth-order valence-corrected chi connectivity index (χ4v) is 3.61. The zero-order valence-electron chi connectivity index (χ0n) is 12.5. The van der Waals surface area contributed by atoms with Crippen molar-refractivity contribution in [1.82, 2.24) is 9.97 Å². The highest BCUT2D eigenvalue weighted by atomic mass is 32.2. The minimum absolute atomic E-state index is 0.0392. The van der Waals surface area contributed by atoms with Crippen LogP contribution in [0.1, 0.15) is 13.3 Å². The summed E-state index contributed by atoms with van der Waals surface area (Å²) < 4.78 is 40.1. The van der Waals surface area contributed by atoms with Crippen molar-refractivity contribution < 1.29 is 12.8 Å². The quantitative estimate of drug-likeness (QED) is 0.750. The van der Waals surface area contributed by atoms with Gasteiger partial charge in [-0.2, -0.15) is 0 Å². The topological polar surface area (TPSA) is 74.8 Å². The summed E-state index contributed by atoms with van der Waals surface area (Å²) in [5.41, 5.74) is 2.17. The van der Waals surface area contributed by atoms with Gasteiger partial charge in [0.15, 0.2) is 0 Å². The van der Waals surface area contributed by atoms with Gasteiger partial charge in [0.05, 0.1) is 11.4 Å². The second kappa shape index (κ2) is 6.00. The molecule has 23 heavy (non-hydrogen) atoms. The van der Waals surface area contributed by atoms with Crippen LogP contribution in [0.5, 0.6) is 0 Å². The largest absolute Gasteiger partial charge is 0.346 e. The Morgan fingerprint density at radius 1 is 1.26 bits per heavy atom. The molecule has 2 heterocycles. The third kappa shape index (κ3) is 3.19. The first kappa shape index (κ1) is 15.5. The van der Waals surface area contributed by atoms with E-state index in [9.17, 15) is 12.8 Å². The third-order valence-corrected chi connectivity index (χ3v) is 4.96. The van der Waals surface area contributed by atoms with Crippen molar-refractivity contribution in [3.63, 3.8) is 0 Å². The number of hydrogen-bond acceptors (Lipinski definition) is 3. The third-order valence-electron chi connectivity index (χ3n) is 3.48. The Bertz CT molecular complexity index is 951. The fourth-order valence-electron chi connectivity index (χ4n) is 2.47. The molecule has 120 valence electrons. The lowest BCUT2D eigenvalue weighted by Gasteiger charge is -2.10. The van der Waals surface area contributed by atoms with Gasteiger partial charge in [-0.25, -0.2) is 17.8 Å². The van der Waals surface area contributed by atoms with E-state index in [4.69, 9.17) is 0 Å². The lowest BCUT2D eigenvalue weighted by atomic mass is 10.0. The van der Waals surface area contributed by atoms with E-state index in [1.54, 1.807) is 31.5 Å². The number of aromatic amines is 1. The van der Waals surface area contributed by atoms with Crippen LogP contribution in [0.15, 0.2) is 42.7 Å². The summed E-state index contributed by atoms with van der Waals surface area (Å²) in [6.45, 7) is 1.75. The van der Waals surface area contributed by atoms with Crippen molar-refractivity contribution in [3.8, 4) is 11.1 Å². The molecular formula is C16H16FN3O2S. The molecule has 0 unspecified atom stereocenters. The Hall–Kier alpha value is -2.41. The van der Waals surface area contributed by atoms with Gasteiger partial charge in [-0.1, -0.05) is 13.0 Å². The standard InChI is InChI=1S/C16H16FN3O2S/c1-2-9-23(21,22)20-15-4-3-11(10-14(15)17)12-5-7-18-16-13(12)6-8-19-16/h3-8,10,20H,2,9H2,1H3,(H,18,19). The lowest BCUT2D eigenvalue weighted by Crippen LogP contribution is -2.16. The Morgan fingerprint density at radius 2 is 2.09 bits per heavy atom. The van der Waals surface area contributed by atoms with Gasteiger partial charge in [0, 0.05) is 17.8 Å². The number of nitrogens with zero attached hydrogens (tertiary/aromatic N) is 1. The molecule has 0 saturated heterocycles. The summed E-state index contributed by atoms with van der Waals surface area (Å²) in [6, 6.07) is 8.12. The number of pyridine rings is 1. The highest BCUT2D eigenvalue weighted by molar-refractivity contribution is 7.92. The van der Waals surface area contributed by atoms with Crippen LogP contribution >= 0.6 is 0 Å². The lowest BCUT2D eigenvalue weighted by molar-refractivity contribution is 0.597. The van der Waals surface area contributed by atoms with E-state index in [1.807, 2.05) is 6.07 Å². The fraction of sp³-hybridized carbons (Fsp3) is 0.188. The maximum absolute atomic E-state index is 14.3. The van der Waals surface area contributed by atoms with Gasteiger partial charge < -0.3 is 4.98 Å². The number of aromatic nitrogens is 2. The SMILES string of the molecule is CCCS(=O)(=O)Nc1ccc(-c2ccnc3[nH]ccc23)cc1F. The Labute approximate surface area is 133 Å². The molecule has 1 aromatic carbocycles. The smallest absolute Gasteiger partial charge is 0.232 e. The molecular weight excluding hydrogens is 317 g/mol. The highest BCUT2D eigenvalue weighted by Crippen LogP contribution is 2.29. The van der Waals surface area contributed by atoms with E-state index < -0.39 is 15.8 Å². The molecule has 0 fully saturated rings. The summed E-state index contributed by atoms with van der Waals surface area (Å²) >= 11 is 0. The Kier molecular flexibility index (Phi) is 4.04. The Balaban J connectivity index is 1.98. The van der Waals surface area contributed by atoms with Crippen LogP contribution < -0.4 is 4.72 Å². The van der Waals surface area contributed by atoms with Crippen molar-refractivity contribution in [2.24, 2.45) is 0 Å². The molecule has 5 nitrogen and oxygen atoms in total. The number of nitrogens with one attached hydrogen (secondary N) is 2. The number of halogens is 1. The van der Waals surface area contributed by atoms with Crippen LogP contribution in [0.25, 0.3) is 22.2 Å². The van der Waals surface area contributed by atoms with Crippen LogP contribution in [0.4, 0.5) is 10.1 Å². The molecule has 3 rings (SSSR count). The zero-order chi connectivity index (χ0) is 16.4. The number of rotatable bonds is 5. The van der Waals surface area contributed by atoms with Gasteiger partial charge in [-0.3, -0.25) is 4.72 Å². The van der Waals surface area contributed by atoms with Crippen LogP contribution in [0.3, 0.4) is 0 Å². The minimum Gasteiger partial charge on any atom is -0.346 e. The summed E-state index contributed by atoms with van der Waals surface area (Å²) in [5, 5.41) is 0.881. The van der Waals surface area contributed by atoms with E-state index >= 15 is 0 Å². The van der Waals surface area contributed by atoms with Crippen LogP contribution in [0.2, 0.25) is 0 Å². The number of H-pyrrole nitrogens is 1. The molecule has 0 spiro atoms. The van der Waals surface area contributed by atoms with E-state index in [1.165, 1.54) is 12.1 Å². The molecule has 0 saturated carbocycles. The van der Waals surface area contributed by atoms with E-state index in [2.05, 4.69) is 14.7 Å². The molecule has 2 aromatic heterocycles. The average molecular weight is 333 g/mol. The number of hydrogen-bond donors (Lipinski definition) is 2. The van der Waals surface area contributed by atoms with Gasteiger partial charge in [0.25, 0.3) is 0 Å². The van der Waals surface area contributed by atoms with E-state index in [-0.39, 0.29) is 11.4 Å². The normalized spacial score (nSPS) is 11.7. The molecule has 0 aliphatic carbocycles. The van der Waals surface area contributed by atoms with E-state index in [0.29, 0.717) is 12.0 Å². The van der Waals surface area contributed by atoms with Crippen molar-refractivity contribution in [3.05, 3.63) is 48.5 Å². The van der Waals surface area contributed by atoms with Crippen LogP contribution in [-0.4, -0.2) is 24.1 Å².